The van der Waals surface area contributed by atoms with Gasteiger partial charge in [-0.05, 0) is 49.7 Å². The predicted octanol–water partition coefficient (Wildman–Crippen LogP) is 3.76. The van der Waals surface area contributed by atoms with Gasteiger partial charge in [-0.25, -0.2) is 9.48 Å². The summed E-state index contributed by atoms with van der Waals surface area (Å²) in [6.45, 7) is 4.30. The minimum absolute atomic E-state index is 0.218. The minimum atomic E-state index is -0.406. The van der Waals surface area contributed by atoms with Gasteiger partial charge in [0.25, 0.3) is 5.91 Å². The molecule has 0 radical (unpaired) electrons. The number of carbonyl (C=O) groups excluding carboxylic acids is 2. The number of hydrogen-bond acceptors (Lipinski definition) is 5. The lowest BCUT2D eigenvalue weighted by atomic mass is 10.1. The van der Waals surface area contributed by atoms with Crippen LogP contribution in [0.1, 0.15) is 38.9 Å². The van der Waals surface area contributed by atoms with Crippen LogP contribution in [0.25, 0.3) is 5.69 Å². The largest absolute Gasteiger partial charge is 0.462 e. The highest BCUT2D eigenvalue weighted by molar-refractivity contribution is 6.04. The summed E-state index contributed by atoms with van der Waals surface area (Å²) in [4.78, 5) is 24.6. The average Bonchev–Trinajstić information content (AvgIpc) is 3.10. The molecule has 0 aliphatic rings. The summed E-state index contributed by atoms with van der Waals surface area (Å²) >= 11 is 0. The molecule has 3 aromatic rings. The molecule has 0 atom stereocenters. The molecular weight excluding hydrogens is 370 g/mol. The molecule has 0 saturated heterocycles. The van der Waals surface area contributed by atoms with E-state index < -0.39 is 5.97 Å². The van der Waals surface area contributed by atoms with Crippen molar-refractivity contribution in [2.45, 2.75) is 20.5 Å². The van der Waals surface area contributed by atoms with Crippen molar-refractivity contribution in [1.29, 1.82) is 0 Å². The Balaban J connectivity index is 1.81. The van der Waals surface area contributed by atoms with E-state index in [4.69, 9.17) is 9.47 Å². The molecule has 7 nitrogen and oxygen atoms in total. The maximum atomic E-state index is 12.6. The zero-order valence-electron chi connectivity index (χ0n) is 16.6. The number of benzene rings is 2. The van der Waals surface area contributed by atoms with E-state index >= 15 is 0 Å². The molecule has 0 bridgehead atoms. The molecule has 3 rings (SSSR count). The highest BCUT2D eigenvalue weighted by atomic mass is 16.5. The Bertz CT molecular complexity index is 1030. The van der Waals surface area contributed by atoms with Crippen molar-refractivity contribution in [1.82, 2.24) is 9.78 Å². The fraction of sp³-hybridized carbons (Fsp3) is 0.227. The molecule has 150 valence electrons. The van der Waals surface area contributed by atoms with Gasteiger partial charge in [0.05, 0.1) is 30.8 Å². The molecular formula is C22H23N3O4. The Labute approximate surface area is 169 Å². The van der Waals surface area contributed by atoms with Gasteiger partial charge in [-0.15, -0.1) is 0 Å². The number of aromatic nitrogens is 2. The quantitative estimate of drug-likeness (QED) is 0.618. The van der Waals surface area contributed by atoms with Gasteiger partial charge in [-0.3, -0.25) is 4.79 Å². The molecule has 1 N–H and O–H groups in total. The first kappa shape index (κ1) is 20.3. The third kappa shape index (κ3) is 4.70. The van der Waals surface area contributed by atoms with Crippen LogP contribution in [0.5, 0.6) is 0 Å². The second-order valence-electron chi connectivity index (χ2n) is 6.41. The number of nitrogens with one attached hydrogen (secondary N) is 1. The standard InChI is InChI=1S/C22H23N3O4/c1-4-29-22(27)20-13-23-25(15(20)2)19-10-6-9-18(12-19)24-21(26)17-8-5-7-16(11-17)14-28-3/h5-13H,4,14H2,1-3H3,(H,24,26). The first-order chi connectivity index (χ1) is 14.0. The van der Waals surface area contributed by atoms with Crippen LogP contribution in [-0.4, -0.2) is 35.4 Å². The molecule has 7 heteroatoms. The molecule has 1 aromatic heterocycles. The van der Waals surface area contributed by atoms with E-state index in [1.54, 1.807) is 49.9 Å². The van der Waals surface area contributed by atoms with Crippen molar-refractivity contribution in [3.05, 3.63) is 77.1 Å². The summed E-state index contributed by atoms with van der Waals surface area (Å²) in [6.07, 6.45) is 1.49. The number of hydrogen-bond donors (Lipinski definition) is 1. The van der Waals surface area contributed by atoms with Crippen LogP contribution in [-0.2, 0) is 16.1 Å². The van der Waals surface area contributed by atoms with E-state index in [2.05, 4.69) is 10.4 Å². The van der Waals surface area contributed by atoms with Crippen LogP contribution in [0.15, 0.2) is 54.7 Å². The fourth-order valence-corrected chi connectivity index (χ4v) is 2.97. The van der Waals surface area contributed by atoms with Gasteiger partial charge in [-0.1, -0.05) is 18.2 Å². The Morgan fingerprint density at radius 2 is 1.93 bits per heavy atom. The number of amides is 1. The first-order valence-electron chi connectivity index (χ1n) is 9.25. The Morgan fingerprint density at radius 1 is 1.14 bits per heavy atom. The minimum Gasteiger partial charge on any atom is -0.462 e. The smallest absolute Gasteiger partial charge is 0.341 e. The molecule has 0 aliphatic heterocycles. The maximum Gasteiger partial charge on any atom is 0.341 e. The maximum absolute atomic E-state index is 12.6. The fourth-order valence-electron chi connectivity index (χ4n) is 2.97. The Morgan fingerprint density at radius 3 is 2.69 bits per heavy atom. The molecule has 1 heterocycles. The van der Waals surface area contributed by atoms with Crippen molar-refractivity contribution in [2.24, 2.45) is 0 Å². The van der Waals surface area contributed by atoms with Crippen molar-refractivity contribution in [3.63, 3.8) is 0 Å². The summed E-state index contributed by atoms with van der Waals surface area (Å²) in [5.74, 6) is -0.624. The summed E-state index contributed by atoms with van der Waals surface area (Å²) in [5.41, 5.74) is 3.90. The van der Waals surface area contributed by atoms with Gasteiger partial charge >= 0.3 is 5.97 Å². The van der Waals surface area contributed by atoms with Crippen LogP contribution >= 0.6 is 0 Å². The summed E-state index contributed by atoms with van der Waals surface area (Å²) in [6, 6.07) is 14.5. The molecule has 2 aromatic carbocycles. The van der Waals surface area contributed by atoms with Crippen LogP contribution < -0.4 is 5.32 Å². The molecule has 0 fully saturated rings. The van der Waals surface area contributed by atoms with Crippen molar-refractivity contribution >= 4 is 17.6 Å². The van der Waals surface area contributed by atoms with Crippen molar-refractivity contribution < 1.29 is 19.1 Å². The second kappa shape index (κ2) is 9.16. The topological polar surface area (TPSA) is 82.5 Å². The number of methoxy groups -OCH3 is 1. The van der Waals surface area contributed by atoms with E-state index in [0.29, 0.717) is 35.7 Å². The third-order valence-electron chi connectivity index (χ3n) is 4.35. The normalized spacial score (nSPS) is 10.6. The predicted molar refractivity (Wildman–Crippen MR) is 109 cm³/mol. The number of rotatable bonds is 7. The molecule has 1 amide bonds. The summed E-state index contributed by atoms with van der Waals surface area (Å²) in [5, 5.41) is 7.18. The van der Waals surface area contributed by atoms with E-state index in [-0.39, 0.29) is 5.91 Å². The molecule has 0 unspecified atom stereocenters. The van der Waals surface area contributed by atoms with Gasteiger partial charge in [0, 0.05) is 18.4 Å². The van der Waals surface area contributed by atoms with Crippen LogP contribution in [0.3, 0.4) is 0 Å². The van der Waals surface area contributed by atoms with Gasteiger partial charge in [0.1, 0.15) is 5.56 Å². The number of ether oxygens (including phenoxy) is 2. The second-order valence-corrected chi connectivity index (χ2v) is 6.41. The number of esters is 1. The highest BCUT2D eigenvalue weighted by Gasteiger charge is 2.16. The number of anilines is 1. The van der Waals surface area contributed by atoms with Crippen LogP contribution in [0.2, 0.25) is 0 Å². The molecule has 0 aliphatic carbocycles. The van der Waals surface area contributed by atoms with Gasteiger partial charge < -0.3 is 14.8 Å². The van der Waals surface area contributed by atoms with Crippen LogP contribution in [0.4, 0.5) is 5.69 Å². The van der Waals surface area contributed by atoms with Crippen LogP contribution in [0, 0.1) is 6.92 Å². The number of nitrogens with zero attached hydrogens (tertiary/aromatic N) is 2. The highest BCUT2D eigenvalue weighted by Crippen LogP contribution is 2.19. The summed E-state index contributed by atoms with van der Waals surface area (Å²) in [7, 11) is 1.61. The molecule has 0 saturated carbocycles. The lowest BCUT2D eigenvalue weighted by molar-refractivity contribution is 0.0525. The average molecular weight is 393 g/mol. The van der Waals surface area contributed by atoms with E-state index in [1.165, 1.54) is 6.20 Å². The Hall–Kier alpha value is -3.45. The monoisotopic (exact) mass is 393 g/mol. The SMILES string of the molecule is CCOC(=O)c1cnn(-c2cccc(NC(=O)c3cccc(COC)c3)c2)c1C. The van der Waals surface area contributed by atoms with E-state index in [9.17, 15) is 9.59 Å². The van der Waals surface area contributed by atoms with Crippen molar-refractivity contribution in [2.75, 3.05) is 19.0 Å². The van der Waals surface area contributed by atoms with Gasteiger partial charge in [0.15, 0.2) is 0 Å². The van der Waals surface area contributed by atoms with Gasteiger partial charge in [0.2, 0.25) is 0 Å². The zero-order chi connectivity index (χ0) is 20.8. The zero-order valence-corrected chi connectivity index (χ0v) is 16.6. The van der Waals surface area contributed by atoms with E-state index in [0.717, 1.165) is 11.3 Å². The summed E-state index contributed by atoms with van der Waals surface area (Å²) < 4.78 is 11.8. The Kier molecular flexibility index (Phi) is 6.41. The first-order valence-corrected chi connectivity index (χ1v) is 9.25. The van der Waals surface area contributed by atoms with Crippen molar-refractivity contribution in [3.8, 4) is 5.69 Å². The molecule has 0 spiro atoms. The molecule has 29 heavy (non-hydrogen) atoms. The lowest BCUT2D eigenvalue weighted by Crippen LogP contribution is -2.12. The van der Waals surface area contributed by atoms with E-state index in [1.807, 2.05) is 24.3 Å². The third-order valence-corrected chi connectivity index (χ3v) is 4.35. The lowest BCUT2D eigenvalue weighted by Gasteiger charge is -2.10. The number of carbonyl (C=O) groups is 2. The van der Waals surface area contributed by atoms with Gasteiger partial charge in [-0.2, -0.15) is 5.10 Å².